The van der Waals surface area contributed by atoms with E-state index in [1.165, 1.54) is 0 Å². The van der Waals surface area contributed by atoms with Crippen LogP contribution in [0.4, 0.5) is 5.69 Å². The summed E-state index contributed by atoms with van der Waals surface area (Å²) in [4.78, 5) is 0. The van der Waals surface area contributed by atoms with Crippen molar-refractivity contribution in [2.24, 2.45) is 0 Å². The molecule has 2 N–H and O–H groups in total. The Morgan fingerprint density at radius 1 is 1.47 bits per heavy atom. The van der Waals surface area contributed by atoms with E-state index >= 15 is 0 Å². The van der Waals surface area contributed by atoms with Crippen molar-refractivity contribution >= 4 is 29.7 Å². The van der Waals surface area contributed by atoms with Gasteiger partial charge >= 0.3 is 0 Å². The predicted octanol–water partition coefficient (Wildman–Crippen LogP) is 2.16. The monoisotopic (exact) mass is 277 g/mol. The van der Waals surface area contributed by atoms with Crippen molar-refractivity contribution in [1.29, 1.82) is 0 Å². The molecule has 0 bridgehead atoms. The second-order valence-corrected chi connectivity index (χ2v) is 3.65. The van der Waals surface area contributed by atoms with Crippen LogP contribution in [0.25, 0.3) is 0 Å². The molecule has 0 aromatic carbocycles. The minimum absolute atomic E-state index is 0. The van der Waals surface area contributed by atoms with Crippen LogP contribution in [0.2, 0.25) is 5.22 Å². The lowest BCUT2D eigenvalue weighted by atomic mass is 10.4. The van der Waals surface area contributed by atoms with E-state index in [4.69, 9.17) is 21.1 Å². The third-order valence-corrected chi connectivity index (χ3v) is 2.26. The summed E-state index contributed by atoms with van der Waals surface area (Å²) in [5, 5.41) is 16.3. The van der Waals surface area contributed by atoms with Crippen molar-refractivity contribution in [2.75, 3.05) is 11.9 Å². The van der Waals surface area contributed by atoms with E-state index in [1.807, 2.05) is 12.3 Å². The van der Waals surface area contributed by atoms with E-state index in [1.54, 1.807) is 16.9 Å². The molecule has 0 radical (unpaired) electrons. The van der Waals surface area contributed by atoms with E-state index in [0.717, 1.165) is 11.4 Å². The summed E-state index contributed by atoms with van der Waals surface area (Å²) in [6, 6.07) is 3.52. The molecule has 0 unspecified atom stereocenters. The maximum Gasteiger partial charge on any atom is 0.193 e. The van der Waals surface area contributed by atoms with E-state index in [9.17, 15) is 0 Å². The van der Waals surface area contributed by atoms with Crippen LogP contribution >= 0.6 is 24.0 Å². The Bertz CT molecular complexity index is 456. The summed E-state index contributed by atoms with van der Waals surface area (Å²) in [6.45, 7) is 1.13. The lowest BCUT2D eigenvalue weighted by Crippen LogP contribution is -2.02. The van der Waals surface area contributed by atoms with Crippen molar-refractivity contribution in [1.82, 2.24) is 9.78 Å². The van der Waals surface area contributed by atoms with Gasteiger partial charge in [0.05, 0.1) is 31.6 Å². The molecule has 0 aliphatic heterocycles. The maximum absolute atomic E-state index is 8.73. The number of nitrogens with zero attached hydrogens (tertiary/aromatic N) is 2. The number of nitrogens with one attached hydrogen (secondary N) is 1. The fourth-order valence-electron chi connectivity index (χ4n) is 1.32. The lowest BCUT2D eigenvalue weighted by Gasteiger charge is -1.99. The summed E-state index contributed by atoms with van der Waals surface area (Å²) in [5.41, 5.74) is 0.876. The first-order valence-electron chi connectivity index (χ1n) is 4.89. The second-order valence-electron chi connectivity index (χ2n) is 3.28. The highest BCUT2D eigenvalue weighted by molar-refractivity contribution is 6.28. The summed E-state index contributed by atoms with van der Waals surface area (Å²) >= 11 is 5.65. The number of hydrogen-bond donors (Lipinski definition) is 2. The molecule has 2 aromatic rings. The molecule has 0 amide bonds. The van der Waals surface area contributed by atoms with Gasteiger partial charge in [-0.1, -0.05) is 0 Å². The quantitative estimate of drug-likeness (QED) is 0.879. The normalized spacial score (nSPS) is 10.0. The molecule has 2 heterocycles. The average Bonchev–Trinajstić information content (AvgIpc) is 2.85. The first-order chi connectivity index (χ1) is 7.78. The van der Waals surface area contributed by atoms with Crippen molar-refractivity contribution in [3.8, 4) is 0 Å². The Morgan fingerprint density at radius 3 is 2.94 bits per heavy atom. The van der Waals surface area contributed by atoms with Crippen LogP contribution in [0, 0.1) is 0 Å². The Hall–Kier alpha value is -1.17. The first-order valence-corrected chi connectivity index (χ1v) is 5.27. The Morgan fingerprint density at radius 2 is 2.29 bits per heavy atom. The summed E-state index contributed by atoms with van der Waals surface area (Å²) in [7, 11) is 0. The summed E-state index contributed by atoms with van der Waals surface area (Å²) in [6.07, 6.45) is 3.51. The van der Waals surface area contributed by atoms with E-state index in [2.05, 4.69) is 10.4 Å². The molecule has 7 heteroatoms. The van der Waals surface area contributed by atoms with Crippen LogP contribution in [-0.2, 0) is 13.1 Å². The highest BCUT2D eigenvalue weighted by Crippen LogP contribution is 2.14. The standard InChI is InChI=1S/C10H12ClN3O2.ClH/c11-10-2-1-9(16-10)6-12-8-5-13-14(7-8)3-4-15;/h1-2,5,7,12,15H,3-4,6H2;1H. The van der Waals surface area contributed by atoms with E-state index in [0.29, 0.717) is 18.3 Å². The number of aromatic nitrogens is 2. The first kappa shape index (κ1) is 13.9. The molecule has 94 valence electrons. The summed E-state index contributed by atoms with van der Waals surface area (Å²) in [5.74, 6) is 0.764. The van der Waals surface area contributed by atoms with Crippen LogP contribution in [0.5, 0.6) is 0 Å². The minimum atomic E-state index is 0. The van der Waals surface area contributed by atoms with Crippen molar-refractivity contribution in [3.05, 3.63) is 35.5 Å². The number of rotatable bonds is 5. The van der Waals surface area contributed by atoms with E-state index < -0.39 is 0 Å². The zero-order valence-electron chi connectivity index (χ0n) is 8.97. The van der Waals surface area contributed by atoms with Gasteiger partial charge in [0.25, 0.3) is 0 Å². The third-order valence-electron chi connectivity index (χ3n) is 2.06. The molecule has 0 saturated carbocycles. The van der Waals surface area contributed by atoms with E-state index in [-0.39, 0.29) is 19.0 Å². The summed E-state index contributed by atoms with van der Waals surface area (Å²) < 4.78 is 6.86. The largest absolute Gasteiger partial charge is 0.448 e. The van der Waals surface area contributed by atoms with Crippen LogP contribution < -0.4 is 5.32 Å². The molecule has 0 fully saturated rings. The molecular formula is C10H13Cl2N3O2. The predicted molar refractivity (Wildman–Crippen MR) is 67.6 cm³/mol. The number of aliphatic hydroxyl groups excluding tert-OH is 1. The van der Waals surface area contributed by atoms with Gasteiger partial charge in [0.2, 0.25) is 0 Å². The third kappa shape index (κ3) is 3.96. The van der Waals surface area contributed by atoms with Gasteiger partial charge in [-0.2, -0.15) is 5.10 Å². The van der Waals surface area contributed by atoms with Crippen molar-refractivity contribution in [3.63, 3.8) is 0 Å². The molecule has 5 nitrogen and oxygen atoms in total. The van der Waals surface area contributed by atoms with Gasteiger partial charge in [-0.15, -0.1) is 12.4 Å². The number of anilines is 1. The van der Waals surface area contributed by atoms with Crippen LogP contribution in [-0.4, -0.2) is 21.5 Å². The number of aliphatic hydroxyl groups is 1. The zero-order valence-corrected chi connectivity index (χ0v) is 10.5. The average molecular weight is 278 g/mol. The smallest absolute Gasteiger partial charge is 0.193 e. The second kappa shape index (κ2) is 6.54. The van der Waals surface area contributed by atoms with Crippen LogP contribution in [0.15, 0.2) is 28.9 Å². The Kier molecular flexibility index (Phi) is 5.34. The highest BCUT2D eigenvalue weighted by atomic mass is 35.5. The van der Waals surface area contributed by atoms with Gasteiger partial charge in [0, 0.05) is 6.20 Å². The van der Waals surface area contributed by atoms with Gasteiger partial charge in [-0.05, 0) is 23.7 Å². The minimum Gasteiger partial charge on any atom is -0.448 e. The fourth-order valence-corrected chi connectivity index (χ4v) is 1.48. The molecule has 17 heavy (non-hydrogen) atoms. The molecule has 0 aliphatic rings. The number of furan rings is 1. The van der Waals surface area contributed by atoms with Gasteiger partial charge in [-0.25, -0.2) is 0 Å². The van der Waals surface area contributed by atoms with Crippen LogP contribution in [0.3, 0.4) is 0 Å². The fraction of sp³-hybridized carbons (Fsp3) is 0.300. The SMILES string of the molecule is Cl.OCCn1cc(NCc2ccc(Cl)o2)cn1. The molecule has 0 aliphatic carbocycles. The van der Waals surface area contributed by atoms with Crippen LogP contribution in [0.1, 0.15) is 5.76 Å². The molecule has 2 aromatic heterocycles. The van der Waals surface area contributed by atoms with Gasteiger partial charge in [0.15, 0.2) is 5.22 Å². The highest BCUT2D eigenvalue weighted by Gasteiger charge is 2.01. The Labute approximate surface area is 110 Å². The van der Waals surface area contributed by atoms with Gasteiger partial charge in [-0.3, -0.25) is 4.68 Å². The molecule has 0 atom stereocenters. The zero-order chi connectivity index (χ0) is 11.4. The maximum atomic E-state index is 8.73. The van der Waals surface area contributed by atoms with Crippen molar-refractivity contribution < 1.29 is 9.52 Å². The van der Waals surface area contributed by atoms with Gasteiger partial charge < -0.3 is 14.8 Å². The Balaban J connectivity index is 0.00000144. The molecule has 2 rings (SSSR count). The molecular weight excluding hydrogens is 265 g/mol. The van der Waals surface area contributed by atoms with Crippen molar-refractivity contribution in [2.45, 2.75) is 13.1 Å². The van der Waals surface area contributed by atoms with Gasteiger partial charge in [0.1, 0.15) is 5.76 Å². The molecule has 0 spiro atoms. The topological polar surface area (TPSA) is 63.2 Å². The number of halogens is 2. The lowest BCUT2D eigenvalue weighted by molar-refractivity contribution is 0.269. The molecule has 0 saturated heterocycles. The number of hydrogen-bond acceptors (Lipinski definition) is 4.